The Balaban J connectivity index is 1.86. The van der Waals surface area contributed by atoms with Gasteiger partial charge in [-0.1, -0.05) is 19.9 Å². The third kappa shape index (κ3) is 5.58. The largest absolute Gasteiger partial charge is 0.379 e. The second kappa shape index (κ2) is 10.6. The van der Waals surface area contributed by atoms with Gasteiger partial charge in [0.15, 0.2) is 0 Å². The van der Waals surface area contributed by atoms with E-state index < -0.39 is 15.9 Å². The summed E-state index contributed by atoms with van der Waals surface area (Å²) in [5, 5.41) is 12.3. The van der Waals surface area contributed by atoms with E-state index in [1.165, 1.54) is 10.4 Å². The van der Waals surface area contributed by atoms with Gasteiger partial charge >= 0.3 is 0 Å². The quantitative estimate of drug-likeness (QED) is 0.477. The van der Waals surface area contributed by atoms with Gasteiger partial charge in [0, 0.05) is 36.7 Å². The molecule has 0 saturated carbocycles. The van der Waals surface area contributed by atoms with Crippen molar-refractivity contribution >= 4 is 27.7 Å². The maximum atomic E-state index is 13.1. The van der Waals surface area contributed by atoms with Crippen molar-refractivity contribution in [1.82, 2.24) is 8.87 Å². The molecule has 1 N–H and O–H groups in total. The van der Waals surface area contributed by atoms with Gasteiger partial charge in [-0.25, -0.2) is 8.42 Å². The summed E-state index contributed by atoms with van der Waals surface area (Å²) in [4.78, 5) is 13.0. The number of ether oxygens (including phenoxy) is 1. The molecule has 0 aliphatic carbocycles. The van der Waals surface area contributed by atoms with E-state index in [1.807, 2.05) is 26.0 Å². The molecule has 1 amide bonds. The predicted octanol–water partition coefficient (Wildman–Crippen LogP) is 3.64. The van der Waals surface area contributed by atoms with Gasteiger partial charge in [0.2, 0.25) is 10.0 Å². The number of amides is 1. The van der Waals surface area contributed by atoms with Crippen LogP contribution in [-0.2, 0) is 26.1 Å². The Labute approximate surface area is 201 Å². The van der Waals surface area contributed by atoms with Crippen LogP contribution in [0.5, 0.6) is 0 Å². The molecule has 182 valence electrons. The minimum atomic E-state index is -3.72. The molecule has 1 aliphatic rings. The van der Waals surface area contributed by atoms with Gasteiger partial charge in [-0.3, -0.25) is 4.79 Å². The first kappa shape index (κ1) is 25.7. The number of carbonyl (C=O) groups is 1. The highest BCUT2D eigenvalue weighted by molar-refractivity contribution is 7.89. The minimum Gasteiger partial charge on any atom is -0.379 e. The lowest BCUT2D eigenvalue weighted by atomic mass is 10.1. The van der Waals surface area contributed by atoms with Gasteiger partial charge < -0.3 is 14.6 Å². The SMILES string of the molecule is Cc1ccc(NC(=O)/C(C#N)=C/c2cc(C)n(CC(C)C)c2C)cc1S(=O)(=O)N1CCOCC1. The number of aromatic nitrogens is 1. The van der Waals surface area contributed by atoms with E-state index in [0.29, 0.717) is 30.4 Å². The second-order valence-electron chi connectivity index (χ2n) is 8.95. The number of nitrogens with one attached hydrogen (secondary N) is 1. The Morgan fingerprint density at radius 2 is 1.88 bits per heavy atom. The molecule has 2 heterocycles. The summed E-state index contributed by atoms with van der Waals surface area (Å²) in [6.45, 7) is 12.1. The van der Waals surface area contributed by atoms with Crippen molar-refractivity contribution in [2.75, 3.05) is 31.6 Å². The van der Waals surface area contributed by atoms with Crippen molar-refractivity contribution in [2.45, 2.75) is 46.1 Å². The summed E-state index contributed by atoms with van der Waals surface area (Å²) >= 11 is 0. The first-order chi connectivity index (χ1) is 16.0. The third-order valence-electron chi connectivity index (χ3n) is 5.86. The van der Waals surface area contributed by atoms with E-state index in [9.17, 15) is 18.5 Å². The number of rotatable bonds is 7. The van der Waals surface area contributed by atoms with Crippen molar-refractivity contribution < 1.29 is 17.9 Å². The van der Waals surface area contributed by atoms with Crippen LogP contribution in [0.1, 0.15) is 36.4 Å². The highest BCUT2D eigenvalue weighted by Gasteiger charge is 2.28. The number of benzene rings is 1. The van der Waals surface area contributed by atoms with Crippen molar-refractivity contribution in [3.05, 3.63) is 52.4 Å². The molecule has 3 rings (SSSR count). The Kier molecular flexibility index (Phi) is 7.97. The van der Waals surface area contributed by atoms with Gasteiger partial charge in [0.05, 0.1) is 18.1 Å². The molecular formula is C25H32N4O4S. The van der Waals surface area contributed by atoms with Crippen LogP contribution in [0.3, 0.4) is 0 Å². The maximum Gasteiger partial charge on any atom is 0.266 e. The fourth-order valence-electron chi connectivity index (χ4n) is 4.00. The highest BCUT2D eigenvalue weighted by Crippen LogP contribution is 2.25. The number of aryl methyl sites for hydroxylation is 2. The average molecular weight is 485 g/mol. The first-order valence-corrected chi connectivity index (χ1v) is 12.8. The number of morpholine rings is 1. The summed E-state index contributed by atoms with van der Waals surface area (Å²) in [6, 6.07) is 8.67. The van der Waals surface area contributed by atoms with Gasteiger partial charge in [0.1, 0.15) is 11.6 Å². The van der Waals surface area contributed by atoms with Crippen molar-refractivity contribution in [3.63, 3.8) is 0 Å². The molecule has 8 nitrogen and oxygen atoms in total. The van der Waals surface area contributed by atoms with Gasteiger partial charge in [-0.15, -0.1) is 0 Å². The van der Waals surface area contributed by atoms with Gasteiger partial charge in [-0.2, -0.15) is 9.57 Å². The average Bonchev–Trinajstić information content (AvgIpc) is 3.06. The van der Waals surface area contributed by atoms with Crippen LogP contribution in [-0.4, -0.2) is 49.5 Å². The van der Waals surface area contributed by atoms with Crippen molar-refractivity contribution in [1.29, 1.82) is 5.26 Å². The third-order valence-corrected chi connectivity index (χ3v) is 7.90. The van der Waals surface area contributed by atoms with Crippen LogP contribution in [0, 0.1) is 38.0 Å². The van der Waals surface area contributed by atoms with E-state index in [-0.39, 0.29) is 23.6 Å². The van der Waals surface area contributed by atoms with Crippen LogP contribution in [0.25, 0.3) is 6.08 Å². The van der Waals surface area contributed by atoms with E-state index in [1.54, 1.807) is 25.1 Å². The summed E-state index contributed by atoms with van der Waals surface area (Å²) in [5.41, 5.74) is 3.70. The molecule has 2 aromatic rings. The summed E-state index contributed by atoms with van der Waals surface area (Å²) < 4.78 is 35.1. The summed E-state index contributed by atoms with van der Waals surface area (Å²) in [7, 11) is -3.72. The number of hydrogen-bond acceptors (Lipinski definition) is 5. The lowest BCUT2D eigenvalue weighted by Gasteiger charge is -2.26. The highest BCUT2D eigenvalue weighted by atomic mass is 32.2. The van der Waals surface area contributed by atoms with Crippen LogP contribution < -0.4 is 5.32 Å². The smallest absolute Gasteiger partial charge is 0.266 e. The normalized spacial score (nSPS) is 15.4. The lowest BCUT2D eigenvalue weighted by molar-refractivity contribution is -0.112. The zero-order valence-corrected chi connectivity index (χ0v) is 21.2. The molecule has 1 aromatic heterocycles. The number of carbonyl (C=O) groups excluding carboxylic acids is 1. The predicted molar refractivity (Wildman–Crippen MR) is 132 cm³/mol. The number of anilines is 1. The molecular weight excluding hydrogens is 452 g/mol. The van der Waals surface area contributed by atoms with Crippen LogP contribution in [0.4, 0.5) is 5.69 Å². The molecule has 0 atom stereocenters. The molecule has 0 spiro atoms. The minimum absolute atomic E-state index is 0.0528. The lowest BCUT2D eigenvalue weighted by Crippen LogP contribution is -2.40. The molecule has 1 aliphatic heterocycles. The van der Waals surface area contributed by atoms with E-state index in [4.69, 9.17) is 4.74 Å². The molecule has 1 fully saturated rings. The zero-order chi connectivity index (χ0) is 25.0. The Morgan fingerprint density at radius 1 is 1.21 bits per heavy atom. The molecule has 0 bridgehead atoms. The fourth-order valence-corrected chi connectivity index (χ4v) is 5.66. The number of hydrogen-bond donors (Lipinski definition) is 1. The summed E-state index contributed by atoms with van der Waals surface area (Å²) in [5.74, 6) is -0.125. The number of nitriles is 1. The summed E-state index contributed by atoms with van der Waals surface area (Å²) in [6.07, 6.45) is 1.58. The van der Waals surface area contributed by atoms with E-state index >= 15 is 0 Å². The maximum absolute atomic E-state index is 13.1. The zero-order valence-electron chi connectivity index (χ0n) is 20.4. The monoisotopic (exact) mass is 484 g/mol. The van der Waals surface area contributed by atoms with Crippen LogP contribution in [0.15, 0.2) is 34.7 Å². The van der Waals surface area contributed by atoms with E-state index in [0.717, 1.165) is 23.5 Å². The van der Waals surface area contributed by atoms with Crippen molar-refractivity contribution in [2.24, 2.45) is 5.92 Å². The Morgan fingerprint density at radius 3 is 2.50 bits per heavy atom. The standard InChI is InChI=1S/C25H32N4O4S/c1-17(2)16-29-19(4)12-21(20(29)5)13-22(15-26)25(30)27-23-7-6-18(3)24(14-23)34(31,32)28-8-10-33-11-9-28/h6-7,12-14,17H,8-11,16H2,1-5H3,(H,27,30)/b22-13+. The molecule has 9 heteroatoms. The Hall–Kier alpha value is -2.93. The number of sulfonamides is 1. The van der Waals surface area contributed by atoms with Crippen molar-refractivity contribution in [3.8, 4) is 6.07 Å². The first-order valence-electron chi connectivity index (χ1n) is 11.3. The molecule has 1 aromatic carbocycles. The molecule has 1 saturated heterocycles. The molecule has 34 heavy (non-hydrogen) atoms. The Bertz CT molecular complexity index is 1250. The second-order valence-corrected chi connectivity index (χ2v) is 10.9. The van der Waals surface area contributed by atoms with E-state index in [2.05, 4.69) is 23.7 Å². The molecule has 0 radical (unpaired) electrons. The molecule has 0 unspecified atom stereocenters. The van der Waals surface area contributed by atoms with Gasteiger partial charge in [-0.05, 0) is 62.1 Å². The number of nitrogens with zero attached hydrogens (tertiary/aromatic N) is 3. The van der Waals surface area contributed by atoms with Crippen LogP contribution >= 0.6 is 0 Å². The van der Waals surface area contributed by atoms with Gasteiger partial charge in [0.25, 0.3) is 5.91 Å². The topological polar surface area (TPSA) is 104 Å². The van der Waals surface area contributed by atoms with Crippen LogP contribution in [0.2, 0.25) is 0 Å². The fraction of sp³-hybridized carbons (Fsp3) is 0.440.